The molecule has 0 saturated carbocycles. The van der Waals surface area contributed by atoms with Crippen molar-refractivity contribution in [3.63, 3.8) is 0 Å². The Morgan fingerprint density at radius 3 is 2.57 bits per heavy atom. The molecule has 0 fully saturated rings. The molecule has 2 aromatic rings. The van der Waals surface area contributed by atoms with Crippen LogP contribution in [0.4, 0.5) is 5.69 Å². The number of aromatic nitrogens is 1. The van der Waals surface area contributed by atoms with Gasteiger partial charge in [0.25, 0.3) is 5.91 Å². The molecule has 120 valence electrons. The van der Waals surface area contributed by atoms with Gasteiger partial charge < -0.3 is 9.47 Å². The van der Waals surface area contributed by atoms with Crippen molar-refractivity contribution in [3.05, 3.63) is 47.8 Å². The minimum atomic E-state index is -0.0687. The Morgan fingerprint density at radius 1 is 1.22 bits per heavy atom. The molecule has 1 aromatic heterocycles. The summed E-state index contributed by atoms with van der Waals surface area (Å²) in [5.74, 6) is -0.101. The number of ketones is 1. The molecule has 0 spiro atoms. The first-order valence-corrected chi connectivity index (χ1v) is 8.37. The van der Waals surface area contributed by atoms with Crippen molar-refractivity contribution in [2.45, 2.75) is 30.4 Å². The van der Waals surface area contributed by atoms with E-state index in [4.69, 9.17) is 0 Å². The maximum Gasteiger partial charge on any atom is 0.274 e. The highest BCUT2D eigenvalue weighted by molar-refractivity contribution is 8.00. The zero-order chi connectivity index (χ0) is 16.8. The molecule has 23 heavy (non-hydrogen) atoms. The van der Waals surface area contributed by atoms with Crippen LogP contribution < -0.4 is 4.90 Å². The van der Waals surface area contributed by atoms with Gasteiger partial charge in [0.2, 0.25) is 0 Å². The van der Waals surface area contributed by atoms with Gasteiger partial charge in [-0.25, -0.2) is 0 Å². The van der Waals surface area contributed by atoms with Crippen molar-refractivity contribution in [1.29, 1.82) is 0 Å². The molecular formula is C18H20N2O2S. The van der Waals surface area contributed by atoms with Gasteiger partial charge in [-0.3, -0.25) is 9.59 Å². The smallest absolute Gasteiger partial charge is 0.274 e. The van der Waals surface area contributed by atoms with Gasteiger partial charge in [-0.1, -0.05) is 12.1 Å². The Hall–Kier alpha value is -2.01. The summed E-state index contributed by atoms with van der Waals surface area (Å²) in [7, 11) is 1.80. The normalized spacial score (nSPS) is 16.1. The molecule has 0 N–H and O–H groups in total. The van der Waals surface area contributed by atoms with Crippen LogP contribution in [0.2, 0.25) is 0 Å². The number of carbonyl (C=O) groups excluding carboxylic acids is 2. The Balaban J connectivity index is 2.04. The summed E-state index contributed by atoms with van der Waals surface area (Å²) in [6.07, 6.45) is 1.71. The van der Waals surface area contributed by atoms with Gasteiger partial charge in [-0.15, -0.1) is 11.8 Å². The van der Waals surface area contributed by atoms with Crippen LogP contribution in [0, 0.1) is 0 Å². The van der Waals surface area contributed by atoms with Gasteiger partial charge in [0.05, 0.1) is 5.69 Å². The maximum absolute atomic E-state index is 13.1. The lowest BCUT2D eigenvalue weighted by Gasteiger charge is -2.38. The number of nitrogens with zero attached hydrogens (tertiary/aromatic N) is 2. The summed E-state index contributed by atoms with van der Waals surface area (Å²) in [5.41, 5.74) is 2.04. The molecule has 0 bridgehead atoms. The van der Waals surface area contributed by atoms with E-state index in [0.717, 1.165) is 10.6 Å². The third kappa shape index (κ3) is 2.93. The SMILES string of the molecule is CC(=O)c1cc(C(=O)N2CC(C)(C)Sc3ccccc32)n(C)c1. The molecular weight excluding hydrogens is 308 g/mol. The van der Waals surface area contributed by atoms with E-state index in [9.17, 15) is 9.59 Å². The predicted octanol–water partition coefficient (Wildman–Crippen LogP) is 3.76. The molecule has 3 rings (SSSR count). The number of anilines is 1. The molecule has 5 heteroatoms. The molecule has 1 aromatic carbocycles. The number of Topliss-reactive ketones (excluding diaryl/α,β-unsaturated/α-hetero) is 1. The Bertz CT molecular complexity index is 792. The topological polar surface area (TPSA) is 42.3 Å². The Kier molecular flexibility index (Phi) is 3.84. The molecule has 1 amide bonds. The molecule has 0 saturated heterocycles. The third-order valence-electron chi connectivity index (χ3n) is 3.96. The van der Waals surface area contributed by atoms with Crippen molar-refractivity contribution in [2.24, 2.45) is 7.05 Å². The highest BCUT2D eigenvalue weighted by atomic mass is 32.2. The Labute approximate surface area is 140 Å². The summed E-state index contributed by atoms with van der Waals surface area (Å²) in [4.78, 5) is 27.6. The van der Waals surface area contributed by atoms with E-state index < -0.39 is 0 Å². The fraction of sp³-hybridized carbons (Fsp3) is 0.333. The number of carbonyl (C=O) groups is 2. The zero-order valence-electron chi connectivity index (χ0n) is 13.8. The number of para-hydroxylation sites is 1. The van der Waals surface area contributed by atoms with E-state index in [0.29, 0.717) is 17.8 Å². The second-order valence-electron chi connectivity index (χ2n) is 6.50. The summed E-state index contributed by atoms with van der Waals surface area (Å²) in [6.45, 7) is 6.42. The molecule has 0 unspecified atom stereocenters. The third-order valence-corrected chi connectivity index (χ3v) is 5.20. The Morgan fingerprint density at radius 2 is 1.91 bits per heavy atom. The molecule has 0 atom stereocenters. The number of benzene rings is 1. The maximum atomic E-state index is 13.1. The fourth-order valence-corrected chi connectivity index (χ4v) is 4.07. The number of aryl methyl sites for hydroxylation is 1. The minimum Gasteiger partial charge on any atom is -0.346 e. The minimum absolute atomic E-state index is 0.0328. The van der Waals surface area contributed by atoms with Crippen LogP contribution in [0.25, 0.3) is 0 Å². The van der Waals surface area contributed by atoms with E-state index in [-0.39, 0.29) is 16.4 Å². The van der Waals surface area contributed by atoms with Crippen LogP contribution >= 0.6 is 11.8 Å². The van der Waals surface area contributed by atoms with E-state index in [1.54, 1.807) is 35.6 Å². The lowest BCUT2D eigenvalue weighted by Crippen LogP contribution is -2.44. The van der Waals surface area contributed by atoms with E-state index >= 15 is 0 Å². The highest BCUT2D eigenvalue weighted by Gasteiger charge is 2.35. The molecule has 2 heterocycles. The molecule has 1 aliphatic rings. The predicted molar refractivity (Wildman–Crippen MR) is 93.5 cm³/mol. The van der Waals surface area contributed by atoms with E-state index in [1.165, 1.54) is 6.92 Å². The van der Waals surface area contributed by atoms with E-state index in [2.05, 4.69) is 13.8 Å². The summed E-state index contributed by atoms with van der Waals surface area (Å²) >= 11 is 1.79. The molecule has 1 aliphatic heterocycles. The van der Waals surface area contributed by atoms with Gasteiger partial charge in [-0.05, 0) is 39.0 Å². The standard InChI is InChI=1S/C18H20N2O2S/c1-12(21)13-9-15(19(4)10-13)17(22)20-11-18(2,3)23-16-8-6-5-7-14(16)20/h5-10H,11H2,1-4H3. The van der Waals surface area contributed by atoms with Crippen LogP contribution in [0.15, 0.2) is 41.4 Å². The number of thioether (sulfide) groups is 1. The van der Waals surface area contributed by atoms with Gasteiger partial charge in [0, 0.05) is 35.0 Å². The number of amides is 1. The second-order valence-corrected chi connectivity index (χ2v) is 8.25. The van der Waals surface area contributed by atoms with Gasteiger partial charge >= 0.3 is 0 Å². The first-order chi connectivity index (χ1) is 10.8. The summed E-state index contributed by atoms with van der Waals surface area (Å²) in [6, 6.07) is 9.65. The first-order valence-electron chi connectivity index (χ1n) is 7.56. The molecule has 4 nitrogen and oxygen atoms in total. The highest BCUT2D eigenvalue weighted by Crippen LogP contribution is 2.44. The van der Waals surface area contributed by atoms with Crippen LogP contribution in [-0.4, -0.2) is 27.5 Å². The van der Waals surface area contributed by atoms with Crippen molar-refractivity contribution in [2.75, 3.05) is 11.4 Å². The first kappa shape index (κ1) is 15.9. The van der Waals surface area contributed by atoms with Crippen LogP contribution in [0.5, 0.6) is 0 Å². The lowest BCUT2D eigenvalue weighted by molar-refractivity contribution is 0.0975. The average Bonchev–Trinajstić information content (AvgIpc) is 2.87. The number of hydrogen-bond donors (Lipinski definition) is 0. The van der Waals surface area contributed by atoms with Crippen molar-refractivity contribution in [3.8, 4) is 0 Å². The molecule has 0 aliphatic carbocycles. The lowest BCUT2D eigenvalue weighted by atomic mass is 10.1. The fourth-order valence-electron chi connectivity index (χ4n) is 2.85. The monoisotopic (exact) mass is 328 g/mol. The second kappa shape index (κ2) is 5.57. The number of rotatable bonds is 2. The van der Waals surface area contributed by atoms with Gasteiger partial charge in [0.1, 0.15) is 5.69 Å². The summed E-state index contributed by atoms with van der Waals surface area (Å²) in [5, 5.41) is 0. The molecule has 0 radical (unpaired) electrons. The van der Waals surface area contributed by atoms with Crippen molar-refractivity contribution < 1.29 is 9.59 Å². The summed E-state index contributed by atoms with van der Waals surface area (Å²) < 4.78 is 1.68. The van der Waals surface area contributed by atoms with Crippen molar-refractivity contribution in [1.82, 2.24) is 4.57 Å². The number of fused-ring (bicyclic) bond motifs is 1. The van der Waals surface area contributed by atoms with E-state index in [1.807, 2.05) is 29.2 Å². The van der Waals surface area contributed by atoms with Gasteiger partial charge in [0.15, 0.2) is 5.78 Å². The van der Waals surface area contributed by atoms with Crippen molar-refractivity contribution >= 4 is 29.1 Å². The zero-order valence-corrected chi connectivity index (χ0v) is 14.6. The van der Waals surface area contributed by atoms with Crippen LogP contribution in [0.3, 0.4) is 0 Å². The quantitative estimate of drug-likeness (QED) is 0.788. The van der Waals surface area contributed by atoms with Gasteiger partial charge in [-0.2, -0.15) is 0 Å². The number of hydrogen-bond acceptors (Lipinski definition) is 3. The van der Waals surface area contributed by atoms with Crippen LogP contribution in [0.1, 0.15) is 41.6 Å². The average molecular weight is 328 g/mol. The largest absolute Gasteiger partial charge is 0.346 e. The van der Waals surface area contributed by atoms with Crippen LogP contribution in [-0.2, 0) is 7.05 Å².